The lowest BCUT2D eigenvalue weighted by Gasteiger charge is -2.26. The number of ether oxygens (including phenoxy) is 2. The van der Waals surface area contributed by atoms with Crippen molar-refractivity contribution in [2.24, 2.45) is 0 Å². The monoisotopic (exact) mass is 251 g/mol. The largest absolute Gasteiger partial charge is 0.483 e. The number of nitro benzene ring substituents is 1. The molecule has 0 unspecified atom stereocenters. The molecule has 0 atom stereocenters. The Labute approximate surface area is 104 Å². The Hall–Kier alpha value is -2.11. The molecule has 0 N–H and O–H groups in total. The van der Waals surface area contributed by atoms with Crippen molar-refractivity contribution >= 4 is 11.7 Å². The number of carbonyl (C=O) groups is 1. The standard InChI is InChI=1S/C12H13NO5/c1-17-12(14)8-5-6-10(13(15)16)11(7-8)18-9-3-2-4-9/h5-7,9H,2-4H2,1H3. The lowest BCUT2D eigenvalue weighted by atomic mass is 9.96. The molecule has 18 heavy (non-hydrogen) atoms. The summed E-state index contributed by atoms with van der Waals surface area (Å²) < 4.78 is 10.1. The third-order valence-electron chi connectivity index (χ3n) is 2.92. The molecular formula is C12H13NO5. The summed E-state index contributed by atoms with van der Waals surface area (Å²) >= 11 is 0. The van der Waals surface area contributed by atoms with E-state index in [0.717, 1.165) is 19.3 Å². The Morgan fingerprint density at radius 2 is 2.17 bits per heavy atom. The van der Waals surface area contributed by atoms with Gasteiger partial charge in [-0.15, -0.1) is 0 Å². The van der Waals surface area contributed by atoms with E-state index in [1.165, 1.54) is 25.3 Å². The van der Waals surface area contributed by atoms with E-state index in [2.05, 4.69) is 4.74 Å². The Kier molecular flexibility index (Phi) is 3.45. The van der Waals surface area contributed by atoms with Crippen LogP contribution in [0.4, 0.5) is 5.69 Å². The summed E-state index contributed by atoms with van der Waals surface area (Å²) in [5.41, 5.74) is 0.118. The quantitative estimate of drug-likeness (QED) is 0.466. The maximum absolute atomic E-state index is 11.4. The van der Waals surface area contributed by atoms with E-state index in [9.17, 15) is 14.9 Å². The molecule has 6 nitrogen and oxygen atoms in total. The Balaban J connectivity index is 2.30. The summed E-state index contributed by atoms with van der Waals surface area (Å²) in [6.07, 6.45) is 2.85. The van der Waals surface area contributed by atoms with E-state index in [0.29, 0.717) is 0 Å². The van der Waals surface area contributed by atoms with Crippen molar-refractivity contribution < 1.29 is 19.2 Å². The average molecular weight is 251 g/mol. The number of carbonyl (C=O) groups excluding carboxylic acids is 1. The fourth-order valence-corrected chi connectivity index (χ4v) is 1.67. The minimum absolute atomic E-state index is 0.0107. The third-order valence-corrected chi connectivity index (χ3v) is 2.92. The van der Waals surface area contributed by atoms with Crippen LogP contribution in [0.25, 0.3) is 0 Å². The highest BCUT2D eigenvalue weighted by molar-refractivity contribution is 5.90. The number of esters is 1. The fourth-order valence-electron chi connectivity index (χ4n) is 1.67. The zero-order valence-corrected chi connectivity index (χ0v) is 9.92. The summed E-state index contributed by atoms with van der Waals surface area (Å²) in [4.78, 5) is 21.7. The number of nitrogens with zero attached hydrogens (tertiary/aromatic N) is 1. The summed E-state index contributed by atoms with van der Waals surface area (Å²) in [5, 5.41) is 10.9. The molecule has 0 radical (unpaired) electrons. The minimum Gasteiger partial charge on any atom is -0.483 e. The van der Waals surface area contributed by atoms with Crippen LogP contribution in [0.1, 0.15) is 29.6 Å². The predicted molar refractivity (Wildman–Crippen MR) is 62.7 cm³/mol. The Morgan fingerprint density at radius 1 is 1.44 bits per heavy atom. The average Bonchev–Trinajstić information content (AvgIpc) is 2.32. The van der Waals surface area contributed by atoms with Gasteiger partial charge >= 0.3 is 11.7 Å². The van der Waals surface area contributed by atoms with Crippen molar-refractivity contribution in [3.8, 4) is 5.75 Å². The van der Waals surface area contributed by atoms with Crippen LogP contribution in [0.15, 0.2) is 18.2 Å². The molecule has 1 aliphatic rings. The van der Waals surface area contributed by atoms with Crippen molar-refractivity contribution in [1.82, 2.24) is 0 Å². The van der Waals surface area contributed by atoms with Crippen molar-refractivity contribution in [3.05, 3.63) is 33.9 Å². The number of benzene rings is 1. The van der Waals surface area contributed by atoms with Crippen LogP contribution in [-0.4, -0.2) is 24.1 Å². The molecule has 0 saturated heterocycles. The van der Waals surface area contributed by atoms with Gasteiger partial charge in [0.15, 0.2) is 5.75 Å². The molecule has 0 aromatic heterocycles. The lowest BCUT2D eigenvalue weighted by Crippen LogP contribution is -2.25. The number of rotatable bonds is 4. The smallest absolute Gasteiger partial charge is 0.337 e. The van der Waals surface area contributed by atoms with Crippen molar-refractivity contribution in [2.75, 3.05) is 7.11 Å². The summed E-state index contributed by atoms with van der Waals surface area (Å²) in [7, 11) is 1.26. The van der Waals surface area contributed by atoms with Crippen molar-refractivity contribution in [3.63, 3.8) is 0 Å². The third kappa shape index (κ3) is 2.42. The summed E-state index contributed by atoms with van der Waals surface area (Å²) in [6.45, 7) is 0. The van der Waals surface area contributed by atoms with Gasteiger partial charge in [0, 0.05) is 12.1 Å². The van der Waals surface area contributed by atoms with Gasteiger partial charge in [-0.2, -0.15) is 0 Å². The second-order valence-electron chi connectivity index (χ2n) is 4.10. The first kappa shape index (κ1) is 12.3. The number of methoxy groups -OCH3 is 1. The van der Waals surface area contributed by atoms with Gasteiger partial charge in [-0.05, 0) is 25.3 Å². The van der Waals surface area contributed by atoms with Crippen LogP contribution in [0.5, 0.6) is 5.75 Å². The molecule has 0 heterocycles. The molecule has 1 aromatic carbocycles. The van der Waals surface area contributed by atoms with Crippen LogP contribution in [-0.2, 0) is 4.74 Å². The molecule has 0 bridgehead atoms. The molecule has 2 rings (SSSR count). The molecule has 1 saturated carbocycles. The Morgan fingerprint density at radius 3 is 2.67 bits per heavy atom. The first-order chi connectivity index (χ1) is 8.61. The summed E-state index contributed by atoms with van der Waals surface area (Å²) in [6, 6.07) is 3.99. The van der Waals surface area contributed by atoms with Crippen LogP contribution in [0.2, 0.25) is 0 Å². The molecule has 1 aliphatic carbocycles. The van der Waals surface area contributed by atoms with Gasteiger partial charge in [0.1, 0.15) is 0 Å². The highest BCUT2D eigenvalue weighted by atomic mass is 16.6. The van der Waals surface area contributed by atoms with Gasteiger partial charge in [-0.25, -0.2) is 4.79 Å². The molecule has 1 aromatic rings. The molecule has 0 amide bonds. The molecule has 1 fully saturated rings. The van der Waals surface area contributed by atoms with Crippen LogP contribution in [0.3, 0.4) is 0 Å². The molecule has 0 aliphatic heterocycles. The maximum Gasteiger partial charge on any atom is 0.337 e. The number of nitro groups is 1. The molecule has 6 heteroatoms. The minimum atomic E-state index is -0.539. The maximum atomic E-state index is 11.4. The molecule has 0 spiro atoms. The van der Waals surface area contributed by atoms with Crippen LogP contribution in [0, 0.1) is 10.1 Å². The van der Waals surface area contributed by atoms with Gasteiger partial charge in [-0.1, -0.05) is 0 Å². The first-order valence-electron chi connectivity index (χ1n) is 5.65. The predicted octanol–water partition coefficient (Wildman–Crippen LogP) is 2.31. The second-order valence-corrected chi connectivity index (χ2v) is 4.10. The first-order valence-corrected chi connectivity index (χ1v) is 5.65. The van der Waals surface area contributed by atoms with E-state index < -0.39 is 10.9 Å². The SMILES string of the molecule is COC(=O)c1ccc([N+](=O)[O-])c(OC2CCC2)c1. The van der Waals surface area contributed by atoms with E-state index in [1.54, 1.807) is 0 Å². The van der Waals surface area contributed by atoms with Crippen molar-refractivity contribution in [2.45, 2.75) is 25.4 Å². The van der Waals surface area contributed by atoms with Gasteiger partial charge in [0.05, 0.1) is 23.7 Å². The van der Waals surface area contributed by atoms with E-state index >= 15 is 0 Å². The zero-order chi connectivity index (χ0) is 13.1. The van der Waals surface area contributed by atoms with Gasteiger partial charge in [0.25, 0.3) is 0 Å². The van der Waals surface area contributed by atoms with E-state index in [-0.39, 0.29) is 23.1 Å². The topological polar surface area (TPSA) is 78.7 Å². The van der Waals surface area contributed by atoms with Crippen LogP contribution < -0.4 is 4.74 Å². The zero-order valence-electron chi connectivity index (χ0n) is 9.92. The van der Waals surface area contributed by atoms with Gasteiger partial charge in [0.2, 0.25) is 0 Å². The lowest BCUT2D eigenvalue weighted by molar-refractivity contribution is -0.386. The highest BCUT2D eigenvalue weighted by Gasteiger charge is 2.25. The van der Waals surface area contributed by atoms with Crippen LogP contribution >= 0.6 is 0 Å². The molecule has 96 valence electrons. The van der Waals surface area contributed by atoms with Gasteiger partial charge in [-0.3, -0.25) is 10.1 Å². The van der Waals surface area contributed by atoms with Gasteiger partial charge < -0.3 is 9.47 Å². The van der Waals surface area contributed by atoms with E-state index in [1.807, 2.05) is 0 Å². The highest BCUT2D eigenvalue weighted by Crippen LogP contribution is 2.33. The Bertz CT molecular complexity index is 481. The normalized spacial score (nSPS) is 14.7. The van der Waals surface area contributed by atoms with E-state index in [4.69, 9.17) is 4.74 Å². The fraction of sp³-hybridized carbons (Fsp3) is 0.417. The molecular weight excluding hydrogens is 238 g/mol. The number of hydrogen-bond acceptors (Lipinski definition) is 5. The van der Waals surface area contributed by atoms with Crippen molar-refractivity contribution in [1.29, 1.82) is 0 Å². The second kappa shape index (κ2) is 5.03. The number of hydrogen-bond donors (Lipinski definition) is 0. The summed E-state index contributed by atoms with van der Waals surface area (Å²) in [5.74, 6) is -0.407.